The van der Waals surface area contributed by atoms with Gasteiger partial charge in [0.25, 0.3) is 0 Å². The average Bonchev–Trinajstić information content (AvgIpc) is 2.45. The number of ether oxygens (including phenoxy) is 1. The number of nitrogens with one attached hydrogen (secondary N) is 1. The Morgan fingerprint density at radius 1 is 1.40 bits per heavy atom. The summed E-state index contributed by atoms with van der Waals surface area (Å²) in [7, 11) is 0. The molecule has 0 spiro atoms. The van der Waals surface area contributed by atoms with Crippen LogP contribution in [-0.4, -0.2) is 18.2 Å². The molecular weight excluding hydrogens is 255 g/mol. The van der Waals surface area contributed by atoms with Gasteiger partial charge < -0.3 is 15.8 Å². The second kappa shape index (κ2) is 6.00. The highest BCUT2D eigenvalue weighted by atomic mass is 19.1. The second-order valence-corrected chi connectivity index (χ2v) is 5.76. The molecule has 1 atom stereocenters. The van der Waals surface area contributed by atoms with E-state index in [-0.39, 0.29) is 11.4 Å². The normalized spacial score (nSPS) is 21.7. The summed E-state index contributed by atoms with van der Waals surface area (Å²) in [6, 6.07) is 3.51. The molecule has 1 unspecified atom stereocenters. The van der Waals surface area contributed by atoms with Gasteiger partial charge in [-0.3, -0.25) is 0 Å². The first-order valence-electron chi connectivity index (χ1n) is 7.46. The maximum atomic E-state index is 13.4. The van der Waals surface area contributed by atoms with Crippen LogP contribution in [0.4, 0.5) is 15.8 Å². The van der Waals surface area contributed by atoms with Crippen LogP contribution >= 0.6 is 0 Å². The monoisotopic (exact) mass is 280 g/mol. The molecule has 0 amide bonds. The molecular formula is C16H25FN2O. The fourth-order valence-electron chi connectivity index (χ4n) is 2.94. The van der Waals surface area contributed by atoms with E-state index in [1.165, 1.54) is 6.07 Å². The highest BCUT2D eigenvalue weighted by Crippen LogP contribution is 2.34. The number of nitrogen functional groups attached to an aromatic ring is 1. The highest BCUT2D eigenvalue weighted by Gasteiger charge is 2.34. The predicted molar refractivity (Wildman–Crippen MR) is 81.5 cm³/mol. The van der Waals surface area contributed by atoms with Crippen LogP contribution in [0, 0.1) is 12.7 Å². The molecule has 112 valence electrons. The Labute approximate surface area is 120 Å². The highest BCUT2D eigenvalue weighted by molar-refractivity contribution is 5.67. The molecule has 1 saturated heterocycles. The third kappa shape index (κ3) is 3.06. The zero-order chi connectivity index (χ0) is 14.8. The lowest BCUT2D eigenvalue weighted by atomic mass is 9.86. The van der Waals surface area contributed by atoms with Crippen molar-refractivity contribution in [3.8, 4) is 0 Å². The molecule has 1 heterocycles. The summed E-state index contributed by atoms with van der Waals surface area (Å²) in [6.07, 6.45) is 3.95. The van der Waals surface area contributed by atoms with Gasteiger partial charge in [-0.05, 0) is 50.3 Å². The van der Waals surface area contributed by atoms with E-state index in [4.69, 9.17) is 10.5 Å². The number of aryl methyl sites for hydroxylation is 1. The van der Waals surface area contributed by atoms with E-state index in [9.17, 15) is 4.39 Å². The molecule has 2 rings (SSSR count). The molecule has 1 aliphatic heterocycles. The predicted octanol–water partition coefficient (Wildman–Crippen LogP) is 3.87. The van der Waals surface area contributed by atoms with Gasteiger partial charge in [0.1, 0.15) is 5.82 Å². The summed E-state index contributed by atoms with van der Waals surface area (Å²) in [4.78, 5) is 0. The second-order valence-electron chi connectivity index (χ2n) is 5.76. The molecule has 0 saturated carbocycles. The molecule has 1 aliphatic rings. The summed E-state index contributed by atoms with van der Waals surface area (Å²) < 4.78 is 19.4. The number of anilines is 2. The Bertz CT molecular complexity index is 472. The van der Waals surface area contributed by atoms with Crippen LogP contribution in [0.25, 0.3) is 0 Å². The topological polar surface area (TPSA) is 47.3 Å². The van der Waals surface area contributed by atoms with E-state index in [0.29, 0.717) is 17.3 Å². The quantitative estimate of drug-likeness (QED) is 0.823. The van der Waals surface area contributed by atoms with Gasteiger partial charge in [0, 0.05) is 12.6 Å². The largest absolute Gasteiger partial charge is 0.397 e. The number of rotatable bonds is 4. The van der Waals surface area contributed by atoms with Gasteiger partial charge in [-0.25, -0.2) is 4.39 Å². The van der Waals surface area contributed by atoms with Gasteiger partial charge in [0.05, 0.1) is 17.0 Å². The van der Waals surface area contributed by atoms with Crippen molar-refractivity contribution in [1.82, 2.24) is 0 Å². The molecule has 3 nitrogen and oxygen atoms in total. The molecule has 0 aromatic heterocycles. The Morgan fingerprint density at radius 3 is 2.75 bits per heavy atom. The zero-order valence-electron chi connectivity index (χ0n) is 12.6. The van der Waals surface area contributed by atoms with E-state index in [1.54, 1.807) is 13.0 Å². The number of benzene rings is 1. The number of hydrogen-bond acceptors (Lipinski definition) is 3. The average molecular weight is 280 g/mol. The third-order valence-corrected chi connectivity index (χ3v) is 4.47. The fraction of sp³-hybridized carbons (Fsp3) is 0.625. The summed E-state index contributed by atoms with van der Waals surface area (Å²) in [5.41, 5.74) is 7.80. The van der Waals surface area contributed by atoms with E-state index in [2.05, 4.69) is 19.2 Å². The summed E-state index contributed by atoms with van der Waals surface area (Å²) in [6.45, 7) is 6.86. The van der Waals surface area contributed by atoms with Gasteiger partial charge in [-0.2, -0.15) is 0 Å². The molecule has 4 heteroatoms. The summed E-state index contributed by atoms with van der Waals surface area (Å²) >= 11 is 0. The van der Waals surface area contributed by atoms with Gasteiger partial charge in [0.2, 0.25) is 0 Å². The molecule has 0 aliphatic carbocycles. The maximum absolute atomic E-state index is 13.4. The Hall–Kier alpha value is -1.29. The summed E-state index contributed by atoms with van der Waals surface area (Å²) in [5, 5.41) is 3.47. The van der Waals surface area contributed by atoms with Crippen molar-refractivity contribution in [2.24, 2.45) is 0 Å². The molecule has 20 heavy (non-hydrogen) atoms. The summed E-state index contributed by atoms with van der Waals surface area (Å²) in [5.74, 6) is -0.253. The minimum absolute atomic E-state index is 0.0280. The van der Waals surface area contributed by atoms with Gasteiger partial charge in [-0.1, -0.05) is 13.8 Å². The molecule has 0 radical (unpaired) electrons. The first-order valence-corrected chi connectivity index (χ1v) is 7.46. The van der Waals surface area contributed by atoms with Crippen molar-refractivity contribution in [3.05, 3.63) is 23.5 Å². The van der Waals surface area contributed by atoms with Crippen LogP contribution in [0.5, 0.6) is 0 Å². The van der Waals surface area contributed by atoms with E-state index >= 15 is 0 Å². The molecule has 3 N–H and O–H groups in total. The molecule has 0 bridgehead atoms. The minimum Gasteiger partial charge on any atom is -0.397 e. The van der Waals surface area contributed by atoms with Crippen molar-refractivity contribution in [1.29, 1.82) is 0 Å². The number of nitrogens with two attached hydrogens (primary N) is 1. The van der Waals surface area contributed by atoms with Crippen LogP contribution in [0.15, 0.2) is 12.1 Å². The third-order valence-electron chi connectivity index (χ3n) is 4.47. The first kappa shape index (κ1) is 15.1. The van der Waals surface area contributed by atoms with Gasteiger partial charge >= 0.3 is 0 Å². The zero-order valence-corrected chi connectivity index (χ0v) is 12.6. The van der Waals surface area contributed by atoms with Crippen LogP contribution in [0.2, 0.25) is 0 Å². The molecule has 1 aromatic carbocycles. The van der Waals surface area contributed by atoms with E-state index < -0.39 is 0 Å². The van der Waals surface area contributed by atoms with Crippen molar-refractivity contribution >= 4 is 11.4 Å². The van der Waals surface area contributed by atoms with Crippen LogP contribution in [0.1, 0.15) is 45.1 Å². The van der Waals surface area contributed by atoms with Crippen LogP contribution in [0.3, 0.4) is 0 Å². The lowest BCUT2D eigenvalue weighted by molar-refractivity contribution is -0.0864. The van der Waals surface area contributed by atoms with Crippen molar-refractivity contribution < 1.29 is 9.13 Å². The molecule has 1 aromatic rings. The van der Waals surface area contributed by atoms with Crippen LogP contribution in [-0.2, 0) is 4.74 Å². The molecule has 1 fully saturated rings. The van der Waals surface area contributed by atoms with Crippen molar-refractivity contribution in [2.45, 2.75) is 58.1 Å². The Kier molecular flexibility index (Phi) is 4.53. The smallest absolute Gasteiger partial charge is 0.128 e. The van der Waals surface area contributed by atoms with Crippen molar-refractivity contribution in [3.63, 3.8) is 0 Å². The van der Waals surface area contributed by atoms with Gasteiger partial charge in [0.15, 0.2) is 0 Å². The van der Waals surface area contributed by atoms with Crippen LogP contribution < -0.4 is 11.1 Å². The minimum atomic E-state index is -0.253. The lowest BCUT2D eigenvalue weighted by Crippen LogP contribution is -2.43. The Morgan fingerprint density at radius 2 is 2.10 bits per heavy atom. The fourth-order valence-corrected chi connectivity index (χ4v) is 2.94. The standard InChI is InChI=1S/C16H25FN2O/c1-4-16(5-2)10-12(6-7-20-16)19-15-8-11(3)13(17)9-14(15)18/h8-9,12,19H,4-7,10,18H2,1-3H3. The lowest BCUT2D eigenvalue weighted by Gasteiger charge is -2.40. The van der Waals surface area contributed by atoms with Gasteiger partial charge in [-0.15, -0.1) is 0 Å². The number of halogens is 1. The first-order chi connectivity index (χ1) is 9.49. The Balaban J connectivity index is 2.12. The van der Waals surface area contributed by atoms with E-state index in [0.717, 1.165) is 38.0 Å². The van der Waals surface area contributed by atoms with E-state index in [1.807, 2.05) is 0 Å². The SMILES string of the molecule is CCC1(CC)CC(Nc2cc(C)c(F)cc2N)CCO1. The van der Waals surface area contributed by atoms with Crippen molar-refractivity contribution in [2.75, 3.05) is 17.7 Å². The number of hydrogen-bond donors (Lipinski definition) is 2. The maximum Gasteiger partial charge on any atom is 0.128 e.